The predicted molar refractivity (Wildman–Crippen MR) is 127 cm³/mol. The zero-order valence-corrected chi connectivity index (χ0v) is 20.4. The molecule has 0 unspecified atom stereocenters. The van der Waals surface area contributed by atoms with Crippen LogP contribution in [0.3, 0.4) is 0 Å². The fourth-order valence-corrected chi connectivity index (χ4v) is 5.31. The van der Waals surface area contributed by atoms with Gasteiger partial charge in [0.2, 0.25) is 0 Å². The molecule has 32 heavy (non-hydrogen) atoms. The summed E-state index contributed by atoms with van der Waals surface area (Å²) in [5, 5.41) is 3.78. The second-order valence-electron chi connectivity index (χ2n) is 10.7. The normalized spacial score (nSPS) is 25.2. The number of fused-ring (bicyclic) bond motifs is 1. The number of nitrogens with one attached hydrogen (secondary N) is 1. The second kappa shape index (κ2) is 10.8. The first-order chi connectivity index (χ1) is 15.2. The van der Waals surface area contributed by atoms with Crippen molar-refractivity contribution in [1.29, 1.82) is 0 Å². The van der Waals surface area contributed by atoms with Gasteiger partial charge in [-0.05, 0) is 69.9 Å². The Labute approximate surface area is 193 Å². The van der Waals surface area contributed by atoms with Crippen LogP contribution < -0.4 is 5.32 Å². The van der Waals surface area contributed by atoms with Crippen molar-refractivity contribution in [3.63, 3.8) is 0 Å². The molecule has 178 valence electrons. The number of hydrogen-bond acceptors (Lipinski definition) is 5. The Morgan fingerprint density at radius 1 is 1.25 bits per heavy atom. The van der Waals surface area contributed by atoms with Crippen molar-refractivity contribution in [1.82, 2.24) is 15.1 Å². The summed E-state index contributed by atoms with van der Waals surface area (Å²) in [5.74, 6) is 1.56. The lowest BCUT2D eigenvalue weighted by atomic mass is 9.96. The maximum Gasteiger partial charge on any atom is 0.410 e. The van der Waals surface area contributed by atoms with Gasteiger partial charge in [0.15, 0.2) is 0 Å². The van der Waals surface area contributed by atoms with Crippen molar-refractivity contribution in [3.8, 4) is 0 Å². The molecule has 1 aromatic carbocycles. The number of benzene rings is 1. The summed E-state index contributed by atoms with van der Waals surface area (Å²) in [5.41, 5.74) is 0.818. The standard InChI is InChI=1S/C26H41N3O3/c1-19(24(18-30)28(5)25(31)32-26(2,3)4)13-14-27-23-12-11-21-16-29(17-22(21)23)15-20-9-7-6-8-10-20/h6-10,18-19,21-24,27H,11-17H2,1-5H3/t19-,21+,22-,23-,24+/m0/s1. The zero-order chi connectivity index (χ0) is 23.3. The minimum atomic E-state index is -0.571. The van der Waals surface area contributed by atoms with Crippen molar-refractivity contribution in [2.24, 2.45) is 17.8 Å². The molecule has 1 amide bonds. The van der Waals surface area contributed by atoms with Crippen LogP contribution in [0.2, 0.25) is 0 Å². The molecule has 0 spiro atoms. The summed E-state index contributed by atoms with van der Waals surface area (Å²) in [4.78, 5) is 28.1. The smallest absolute Gasteiger partial charge is 0.410 e. The summed E-state index contributed by atoms with van der Waals surface area (Å²) in [6, 6.07) is 10.8. The van der Waals surface area contributed by atoms with E-state index in [0.717, 1.165) is 38.3 Å². The summed E-state index contributed by atoms with van der Waals surface area (Å²) in [6.07, 6.45) is 3.80. The van der Waals surface area contributed by atoms with Crippen LogP contribution in [0.5, 0.6) is 0 Å². The van der Waals surface area contributed by atoms with Gasteiger partial charge in [0.05, 0.1) is 6.04 Å². The van der Waals surface area contributed by atoms with Gasteiger partial charge >= 0.3 is 6.09 Å². The Balaban J connectivity index is 1.44. The number of rotatable bonds is 9. The predicted octanol–water partition coefficient (Wildman–Crippen LogP) is 3.95. The molecule has 1 saturated heterocycles. The van der Waals surface area contributed by atoms with Crippen LogP contribution in [0.1, 0.15) is 52.5 Å². The van der Waals surface area contributed by atoms with E-state index in [2.05, 4.69) is 40.5 Å². The molecule has 2 aliphatic rings. The number of ether oxygens (including phenoxy) is 1. The number of nitrogens with zero attached hydrogens (tertiary/aromatic N) is 2. The van der Waals surface area contributed by atoms with Crippen molar-refractivity contribution >= 4 is 12.4 Å². The molecule has 1 heterocycles. The van der Waals surface area contributed by atoms with Gasteiger partial charge in [0.1, 0.15) is 11.9 Å². The molecule has 1 saturated carbocycles. The number of carbonyl (C=O) groups excluding carboxylic acids is 2. The van der Waals surface area contributed by atoms with Crippen LogP contribution >= 0.6 is 0 Å². The molecule has 1 aliphatic heterocycles. The van der Waals surface area contributed by atoms with Crippen LogP contribution in [-0.2, 0) is 16.1 Å². The second-order valence-corrected chi connectivity index (χ2v) is 10.7. The number of likely N-dealkylation sites (tertiary alicyclic amines) is 1. The average molecular weight is 444 g/mol. The molecule has 0 radical (unpaired) electrons. The van der Waals surface area contributed by atoms with E-state index in [4.69, 9.17) is 4.74 Å². The SMILES string of the molecule is C[C@@H](CCN[C@H]1CC[C@@H]2CN(Cc3ccccc3)C[C@@H]21)[C@@H](C=O)N(C)C(=O)OC(C)(C)C. The highest BCUT2D eigenvalue weighted by atomic mass is 16.6. The van der Waals surface area contributed by atoms with E-state index in [1.54, 1.807) is 7.05 Å². The number of carbonyl (C=O) groups is 2. The molecule has 0 bridgehead atoms. The van der Waals surface area contributed by atoms with Gasteiger partial charge in [-0.25, -0.2) is 4.79 Å². The lowest BCUT2D eigenvalue weighted by Crippen LogP contribution is -2.45. The number of likely N-dealkylation sites (N-methyl/N-ethyl adjacent to an activating group) is 1. The molecule has 1 aromatic rings. The Hall–Kier alpha value is -1.92. The molecule has 1 N–H and O–H groups in total. The van der Waals surface area contributed by atoms with Crippen LogP contribution in [0.4, 0.5) is 4.79 Å². The fourth-order valence-electron chi connectivity index (χ4n) is 5.31. The molecule has 6 nitrogen and oxygen atoms in total. The third-order valence-electron chi connectivity index (χ3n) is 7.04. The Morgan fingerprint density at radius 3 is 2.62 bits per heavy atom. The molecule has 2 fully saturated rings. The fraction of sp³-hybridized carbons (Fsp3) is 0.692. The van der Waals surface area contributed by atoms with Gasteiger partial charge in [0.25, 0.3) is 0 Å². The van der Waals surface area contributed by atoms with Gasteiger partial charge in [-0.3, -0.25) is 4.90 Å². The first-order valence-electron chi connectivity index (χ1n) is 12.1. The Morgan fingerprint density at radius 2 is 1.97 bits per heavy atom. The summed E-state index contributed by atoms with van der Waals surface area (Å²) < 4.78 is 5.43. The van der Waals surface area contributed by atoms with Crippen molar-refractivity contribution in [2.75, 3.05) is 26.7 Å². The monoisotopic (exact) mass is 443 g/mol. The van der Waals surface area contributed by atoms with E-state index in [1.807, 2.05) is 27.7 Å². The van der Waals surface area contributed by atoms with Crippen LogP contribution in [0.15, 0.2) is 30.3 Å². The summed E-state index contributed by atoms with van der Waals surface area (Å²) in [6.45, 7) is 11.8. The molecular weight excluding hydrogens is 402 g/mol. The third-order valence-corrected chi connectivity index (χ3v) is 7.04. The topological polar surface area (TPSA) is 61.9 Å². The molecule has 5 atom stereocenters. The Bertz CT molecular complexity index is 748. The first kappa shape index (κ1) is 24.7. The molecule has 1 aliphatic carbocycles. The number of aldehydes is 1. The highest BCUT2D eigenvalue weighted by Gasteiger charge is 2.42. The first-order valence-corrected chi connectivity index (χ1v) is 12.1. The summed E-state index contributed by atoms with van der Waals surface area (Å²) in [7, 11) is 1.65. The summed E-state index contributed by atoms with van der Waals surface area (Å²) >= 11 is 0. The number of hydrogen-bond donors (Lipinski definition) is 1. The van der Waals surface area contributed by atoms with Gasteiger partial charge in [-0.1, -0.05) is 37.3 Å². The van der Waals surface area contributed by atoms with Crippen molar-refractivity contribution in [3.05, 3.63) is 35.9 Å². The highest BCUT2D eigenvalue weighted by molar-refractivity contribution is 5.73. The van der Waals surface area contributed by atoms with Crippen LogP contribution in [0.25, 0.3) is 0 Å². The zero-order valence-electron chi connectivity index (χ0n) is 20.4. The van der Waals surface area contributed by atoms with Crippen LogP contribution in [-0.4, -0.2) is 66.5 Å². The van der Waals surface area contributed by atoms with Gasteiger partial charge in [0, 0.05) is 32.7 Å². The molecular formula is C26H41N3O3. The van der Waals surface area contributed by atoms with Gasteiger partial charge in [-0.15, -0.1) is 0 Å². The van der Waals surface area contributed by atoms with E-state index in [0.29, 0.717) is 12.0 Å². The van der Waals surface area contributed by atoms with Gasteiger partial charge in [-0.2, -0.15) is 0 Å². The molecule has 0 aromatic heterocycles. The van der Waals surface area contributed by atoms with E-state index in [-0.39, 0.29) is 5.92 Å². The maximum atomic E-state index is 12.4. The minimum absolute atomic E-state index is 0.0628. The lowest BCUT2D eigenvalue weighted by molar-refractivity contribution is -0.113. The minimum Gasteiger partial charge on any atom is -0.444 e. The Kier molecular flexibility index (Phi) is 8.34. The third kappa shape index (κ3) is 6.55. The van der Waals surface area contributed by atoms with E-state index >= 15 is 0 Å². The van der Waals surface area contributed by atoms with Crippen molar-refractivity contribution in [2.45, 2.75) is 71.2 Å². The van der Waals surface area contributed by atoms with Gasteiger partial charge < -0.3 is 19.7 Å². The average Bonchev–Trinajstić information content (AvgIpc) is 3.29. The van der Waals surface area contributed by atoms with E-state index in [9.17, 15) is 9.59 Å². The number of amides is 1. The largest absolute Gasteiger partial charge is 0.444 e. The lowest BCUT2D eigenvalue weighted by Gasteiger charge is -2.31. The molecule has 6 heteroatoms. The van der Waals surface area contributed by atoms with E-state index < -0.39 is 17.7 Å². The van der Waals surface area contributed by atoms with E-state index in [1.165, 1.54) is 29.8 Å². The highest BCUT2D eigenvalue weighted by Crippen LogP contribution is 2.38. The quantitative estimate of drug-likeness (QED) is 0.586. The van der Waals surface area contributed by atoms with Crippen LogP contribution in [0, 0.1) is 17.8 Å². The molecule has 3 rings (SSSR count). The van der Waals surface area contributed by atoms with Crippen molar-refractivity contribution < 1.29 is 14.3 Å². The maximum absolute atomic E-state index is 12.4.